The summed E-state index contributed by atoms with van der Waals surface area (Å²) < 4.78 is 3.82. The monoisotopic (exact) mass is 421 g/mol. The molecule has 1 fully saturated rings. The minimum atomic E-state index is -0.912. The molecule has 4 rings (SSSR count). The van der Waals surface area contributed by atoms with Gasteiger partial charge in [-0.1, -0.05) is 48.0 Å². The molecule has 0 radical (unpaired) electrons. The Kier molecular flexibility index (Phi) is 6.44. The van der Waals surface area contributed by atoms with Gasteiger partial charge in [0.1, 0.15) is 0 Å². The number of benzene rings is 1. The second-order valence-corrected chi connectivity index (χ2v) is 7.91. The molecule has 2 amide bonds. The van der Waals surface area contributed by atoms with Crippen molar-refractivity contribution in [1.82, 2.24) is 19.9 Å². The molecule has 30 heavy (non-hydrogen) atoms. The van der Waals surface area contributed by atoms with E-state index >= 15 is 0 Å². The van der Waals surface area contributed by atoms with Gasteiger partial charge in [0.15, 0.2) is 11.7 Å². The van der Waals surface area contributed by atoms with Crippen molar-refractivity contribution in [3.05, 3.63) is 71.5 Å². The highest BCUT2D eigenvalue weighted by atomic mass is 32.1. The van der Waals surface area contributed by atoms with Crippen LogP contribution < -0.4 is 10.2 Å². The summed E-state index contributed by atoms with van der Waals surface area (Å²) in [6.07, 6.45) is 6.94. The minimum absolute atomic E-state index is 0.117. The fourth-order valence-electron chi connectivity index (χ4n) is 3.80. The van der Waals surface area contributed by atoms with Gasteiger partial charge in [0.05, 0.1) is 5.69 Å². The zero-order chi connectivity index (χ0) is 20.8. The van der Waals surface area contributed by atoms with E-state index in [1.807, 2.05) is 36.4 Å². The first-order valence-electron chi connectivity index (χ1n) is 10.1. The molecular weight excluding hydrogens is 398 g/mol. The van der Waals surface area contributed by atoms with Crippen LogP contribution in [0.1, 0.15) is 54.3 Å². The van der Waals surface area contributed by atoms with Gasteiger partial charge in [-0.2, -0.15) is 0 Å². The predicted octanol–water partition coefficient (Wildman–Crippen LogP) is 3.77. The average molecular weight is 422 g/mol. The van der Waals surface area contributed by atoms with Crippen molar-refractivity contribution in [2.45, 2.75) is 44.2 Å². The summed E-state index contributed by atoms with van der Waals surface area (Å²) in [5, 5.41) is 8.69. The van der Waals surface area contributed by atoms with Gasteiger partial charge < -0.3 is 5.32 Å². The zero-order valence-corrected chi connectivity index (χ0v) is 17.3. The van der Waals surface area contributed by atoms with Crippen LogP contribution in [0.5, 0.6) is 0 Å². The average Bonchev–Trinajstić information content (AvgIpc) is 3.34. The van der Waals surface area contributed by atoms with Gasteiger partial charge >= 0.3 is 0 Å². The highest BCUT2D eigenvalue weighted by Gasteiger charge is 2.36. The third kappa shape index (κ3) is 4.54. The van der Waals surface area contributed by atoms with Gasteiger partial charge in [-0.3, -0.25) is 19.5 Å². The Hall–Kier alpha value is -3.13. The SMILES string of the molecule is O=C(NC1CCCCC1)[C@H](c1ccccn1)N(C(=O)c1csnn1)c1ccccc1. The Morgan fingerprint density at radius 2 is 1.80 bits per heavy atom. The van der Waals surface area contributed by atoms with Gasteiger partial charge in [-0.05, 0) is 48.6 Å². The van der Waals surface area contributed by atoms with Crippen molar-refractivity contribution in [1.29, 1.82) is 0 Å². The molecule has 1 aromatic carbocycles. The van der Waals surface area contributed by atoms with E-state index in [4.69, 9.17) is 0 Å². The number of nitrogens with one attached hydrogen (secondary N) is 1. The molecule has 154 valence electrons. The molecule has 1 aliphatic carbocycles. The first-order valence-corrected chi connectivity index (χ1v) is 10.9. The highest BCUT2D eigenvalue weighted by molar-refractivity contribution is 7.03. The summed E-state index contributed by atoms with van der Waals surface area (Å²) in [5.74, 6) is -0.620. The molecule has 0 unspecified atom stereocenters. The third-order valence-electron chi connectivity index (χ3n) is 5.26. The number of carbonyl (C=O) groups is 2. The molecule has 0 bridgehead atoms. The molecule has 3 aromatic rings. The molecule has 8 heteroatoms. The van der Waals surface area contributed by atoms with Gasteiger partial charge in [0.2, 0.25) is 5.91 Å². The van der Waals surface area contributed by atoms with Crippen LogP contribution in [0.3, 0.4) is 0 Å². The Labute approximate surface area is 179 Å². The second kappa shape index (κ2) is 9.58. The summed E-state index contributed by atoms with van der Waals surface area (Å²) in [5.41, 5.74) is 1.31. The van der Waals surface area contributed by atoms with Crippen LogP contribution in [0.25, 0.3) is 0 Å². The van der Waals surface area contributed by atoms with Gasteiger partial charge in [0.25, 0.3) is 5.91 Å². The number of rotatable bonds is 6. The quantitative estimate of drug-likeness (QED) is 0.655. The van der Waals surface area contributed by atoms with E-state index in [9.17, 15) is 9.59 Å². The lowest BCUT2D eigenvalue weighted by molar-refractivity contribution is -0.123. The van der Waals surface area contributed by atoms with E-state index in [1.165, 1.54) is 11.3 Å². The van der Waals surface area contributed by atoms with Crippen LogP contribution in [0.15, 0.2) is 60.1 Å². The number of hydrogen-bond donors (Lipinski definition) is 1. The topological polar surface area (TPSA) is 88.1 Å². The van der Waals surface area contributed by atoms with Crippen molar-refractivity contribution in [2.75, 3.05) is 4.90 Å². The summed E-state index contributed by atoms with van der Waals surface area (Å²) in [6.45, 7) is 0. The van der Waals surface area contributed by atoms with E-state index in [2.05, 4.69) is 19.9 Å². The van der Waals surface area contributed by atoms with E-state index in [0.717, 1.165) is 37.2 Å². The molecule has 0 aliphatic heterocycles. The number of nitrogens with zero attached hydrogens (tertiary/aromatic N) is 4. The molecular formula is C22H23N5O2S. The number of aromatic nitrogens is 3. The largest absolute Gasteiger partial charge is 0.351 e. The van der Waals surface area contributed by atoms with Crippen LogP contribution >= 0.6 is 11.5 Å². The standard InChI is InChI=1S/C22H23N5O2S/c28-21(24-16-9-3-1-4-10-16)20(18-13-7-8-14-23-18)27(17-11-5-2-6-12-17)22(29)19-15-30-26-25-19/h2,5-8,11-16,20H,1,3-4,9-10H2,(H,24,28)/t20-/m0/s1. The smallest absolute Gasteiger partial charge is 0.280 e. The third-order valence-corrected chi connectivity index (χ3v) is 5.76. The number of carbonyl (C=O) groups excluding carboxylic acids is 2. The number of hydrogen-bond acceptors (Lipinski definition) is 6. The van der Waals surface area contributed by atoms with E-state index in [1.54, 1.807) is 23.7 Å². The Morgan fingerprint density at radius 1 is 1.03 bits per heavy atom. The van der Waals surface area contributed by atoms with Crippen molar-refractivity contribution >= 4 is 29.0 Å². The molecule has 2 heterocycles. The lowest BCUT2D eigenvalue weighted by atomic mass is 9.95. The van der Waals surface area contributed by atoms with Crippen LogP contribution in [0.4, 0.5) is 5.69 Å². The lowest BCUT2D eigenvalue weighted by Gasteiger charge is -2.32. The molecule has 2 aromatic heterocycles. The maximum atomic E-state index is 13.5. The number of pyridine rings is 1. The van der Waals surface area contributed by atoms with Crippen LogP contribution in [0.2, 0.25) is 0 Å². The second-order valence-electron chi connectivity index (χ2n) is 7.30. The molecule has 1 N–H and O–H groups in total. The fraction of sp³-hybridized carbons (Fsp3) is 0.318. The number of amides is 2. The fourth-order valence-corrected chi connectivity index (χ4v) is 4.23. The molecule has 0 saturated heterocycles. The zero-order valence-electron chi connectivity index (χ0n) is 16.5. The molecule has 0 spiro atoms. The summed E-state index contributed by atoms with van der Waals surface area (Å²) >= 11 is 1.10. The normalized spacial score (nSPS) is 15.3. The van der Waals surface area contributed by atoms with Gasteiger partial charge in [-0.25, -0.2) is 0 Å². The van der Waals surface area contributed by atoms with Crippen LogP contribution in [-0.2, 0) is 4.79 Å². The predicted molar refractivity (Wildman–Crippen MR) is 115 cm³/mol. The van der Waals surface area contributed by atoms with Gasteiger partial charge in [0, 0.05) is 23.3 Å². The minimum Gasteiger partial charge on any atom is -0.351 e. The van der Waals surface area contributed by atoms with Crippen LogP contribution in [0, 0.1) is 0 Å². The lowest BCUT2D eigenvalue weighted by Crippen LogP contribution is -2.47. The van der Waals surface area contributed by atoms with Crippen molar-refractivity contribution < 1.29 is 9.59 Å². The first-order chi connectivity index (χ1) is 14.7. The number of anilines is 1. The molecule has 1 saturated carbocycles. The Bertz CT molecular complexity index is 960. The van der Waals surface area contributed by atoms with E-state index < -0.39 is 6.04 Å². The first kappa shape index (κ1) is 20.2. The summed E-state index contributed by atoms with van der Waals surface area (Å²) in [4.78, 5) is 32.8. The van der Waals surface area contributed by atoms with Crippen molar-refractivity contribution in [3.8, 4) is 0 Å². The summed E-state index contributed by atoms with van der Waals surface area (Å²) in [6, 6.07) is 13.7. The Morgan fingerprint density at radius 3 is 2.47 bits per heavy atom. The summed E-state index contributed by atoms with van der Waals surface area (Å²) in [7, 11) is 0. The molecule has 7 nitrogen and oxygen atoms in total. The molecule has 1 atom stereocenters. The maximum Gasteiger partial charge on any atom is 0.280 e. The Balaban J connectivity index is 1.74. The van der Waals surface area contributed by atoms with Crippen LogP contribution in [-0.4, -0.2) is 32.4 Å². The number of para-hydroxylation sites is 1. The van der Waals surface area contributed by atoms with Gasteiger partial charge in [-0.15, -0.1) is 5.10 Å². The van der Waals surface area contributed by atoms with E-state index in [-0.39, 0.29) is 23.6 Å². The van der Waals surface area contributed by atoms with E-state index in [0.29, 0.717) is 11.4 Å². The van der Waals surface area contributed by atoms with Crippen molar-refractivity contribution in [2.24, 2.45) is 0 Å². The highest BCUT2D eigenvalue weighted by Crippen LogP contribution is 2.29. The molecule has 1 aliphatic rings. The maximum absolute atomic E-state index is 13.5. The van der Waals surface area contributed by atoms with Crippen molar-refractivity contribution in [3.63, 3.8) is 0 Å².